The van der Waals surface area contributed by atoms with E-state index in [9.17, 15) is 8.42 Å². The highest BCUT2D eigenvalue weighted by Gasteiger charge is 2.25. The Hall–Kier alpha value is -0.0600. The first-order chi connectivity index (χ1) is 6.42. The Morgan fingerprint density at radius 1 is 1.64 bits per heavy atom. The molecule has 1 fully saturated rings. The van der Waals surface area contributed by atoms with Crippen LogP contribution >= 0.6 is 10.7 Å². The normalized spacial score (nSPS) is 24.0. The fourth-order valence-electron chi connectivity index (χ4n) is 1.79. The summed E-state index contributed by atoms with van der Waals surface area (Å²) >= 11 is 0. The zero-order valence-corrected chi connectivity index (χ0v) is 9.94. The van der Waals surface area contributed by atoms with E-state index in [0.29, 0.717) is 5.92 Å². The van der Waals surface area contributed by atoms with Crippen molar-refractivity contribution in [2.24, 2.45) is 5.92 Å². The molecular weight excluding hydrogens is 222 g/mol. The first-order valence-electron chi connectivity index (χ1n) is 4.74. The molecule has 0 radical (unpaired) electrons. The van der Waals surface area contributed by atoms with Crippen LogP contribution in [0.25, 0.3) is 0 Å². The number of likely N-dealkylation sites (tertiary alicyclic amines) is 1. The van der Waals surface area contributed by atoms with E-state index in [1.165, 1.54) is 0 Å². The van der Waals surface area contributed by atoms with Crippen LogP contribution in [0.15, 0.2) is 12.2 Å². The highest BCUT2D eigenvalue weighted by molar-refractivity contribution is 8.13. The van der Waals surface area contributed by atoms with E-state index in [-0.39, 0.29) is 5.75 Å². The van der Waals surface area contributed by atoms with Gasteiger partial charge in [-0.1, -0.05) is 19.1 Å². The third kappa shape index (κ3) is 3.59. The molecular formula is C9H16ClNO2S. The summed E-state index contributed by atoms with van der Waals surface area (Å²) in [5.74, 6) is 0.208. The molecule has 0 bridgehead atoms. The maximum Gasteiger partial charge on any atom is 0.236 e. The fraction of sp³-hybridized carbons (Fsp3) is 0.778. The molecule has 0 amide bonds. The Balaban J connectivity index is 2.48. The lowest BCUT2D eigenvalue weighted by Gasteiger charge is -2.14. The monoisotopic (exact) mass is 237 g/mol. The first-order valence-corrected chi connectivity index (χ1v) is 7.22. The molecule has 1 rings (SSSR count). The van der Waals surface area contributed by atoms with Crippen molar-refractivity contribution in [3.8, 4) is 0 Å². The standard InChI is InChI=1S/C9H16ClNO2S/c1-3-11-5-4-9(6-11)8(2)7-14(10,12)13/h9H,2-7H2,1H3. The predicted molar refractivity (Wildman–Crippen MR) is 59.0 cm³/mol. The van der Waals surface area contributed by atoms with Crippen LogP contribution in [0.4, 0.5) is 0 Å². The number of halogens is 1. The molecule has 1 aliphatic heterocycles. The molecule has 0 aliphatic carbocycles. The smallest absolute Gasteiger partial charge is 0.236 e. The van der Waals surface area contributed by atoms with Gasteiger partial charge in [0.1, 0.15) is 0 Å². The second-order valence-electron chi connectivity index (χ2n) is 3.72. The predicted octanol–water partition coefficient (Wildman–Crippen LogP) is 1.45. The van der Waals surface area contributed by atoms with Crippen LogP contribution in [-0.2, 0) is 9.05 Å². The summed E-state index contributed by atoms with van der Waals surface area (Å²) in [5, 5.41) is 0. The molecule has 0 spiro atoms. The summed E-state index contributed by atoms with van der Waals surface area (Å²) in [5.41, 5.74) is 0.746. The van der Waals surface area contributed by atoms with Crippen LogP contribution in [0.3, 0.4) is 0 Å². The van der Waals surface area contributed by atoms with E-state index < -0.39 is 9.05 Å². The Labute approximate surface area is 90.2 Å². The van der Waals surface area contributed by atoms with Crippen molar-refractivity contribution >= 4 is 19.7 Å². The molecule has 1 aliphatic rings. The zero-order chi connectivity index (χ0) is 10.8. The van der Waals surface area contributed by atoms with Crippen LogP contribution in [0.2, 0.25) is 0 Å². The number of rotatable bonds is 4. The Morgan fingerprint density at radius 3 is 2.71 bits per heavy atom. The number of nitrogens with zero attached hydrogens (tertiary/aromatic N) is 1. The molecule has 1 unspecified atom stereocenters. The van der Waals surface area contributed by atoms with Crippen LogP contribution < -0.4 is 0 Å². The summed E-state index contributed by atoms with van der Waals surface area (Å²) in [7, 11) is 1.74. The van der Waals surface area contributed by atoms with Crippen molar-refractivity contribution < 1.29 is 8.42 Å². The van der Waals surface area contributed by atoms with Crippen molar-refractivity contribution in [3.63, 3.8) is 0 Å². The van der Waals surface area contributed by atoms with Crippen LogP contribution in [0, 0.1) is 5.92 Å². The van der Waals surface area contributed by atoms with Gasteiger partial charge in [-0.25, -0.2) is 8.42 Å². The third-order valence-electron chi connectivity index (χ3n) is 2.65. The van der Waals surface area contributed by atoms with Crippen molar-refractivity contribution in [2.45, 2.75) is 13.3 Å². The van der Waals surface area contributed by atoms with Crippen LogP contribution in [-0.4, -0.2) is 38.7 Å². The Bertz CT molecular complexity index is 313. The van der Waals surface area contributed by atoms with Gasteiger partial charge >= 0.3 is 0 Å². The summed E-state index contributed by atoms with van der Waals surface area (Å²) in [6.07, 6.45) is 0.999. The van der Waals surface area contributed by atoms with Crippen molar-refractivity contribution in [3.05, 3.63) is 12.2 Å². The van der Waals surface area contributed by atoms with Crippen molar-refractivity contribution in [1.82, 2.24) is 4.90 Å². The van der Waals surface area contributed by atoms with E-state index in [4.69, 9.17) is 10.7 Å². The summed E-state index contributed by atoms with van der Waals surface area (Å²) in [6.45, 7) is 8.86. The van der Waals surface area contributed by atoms with Crippen LogP contribution in [0.1, 0.15) is 13.3 Å². The molecule has 1 heterocycles. The highest BCUT2D eigenvalue weighted by Crippen LogP contribution is 2.24. The van der Waals surface area contributed by atoms with E-state index in [1.807, 2.05) is 0 Å². The van der Waals surface area contributed by atoms with Gasteiger partial charge in [0, 0.05) is 17.2 Å². The van der Waals surface area contributed by atoms with Gasteiger partial charge in [-0.15, -0.1) is 0 Å². The second kappa shape index (κ2) is 4.64. The minimum Gasteiger partial charge on any atom is -0.303 e. The van der Waals surface area contributed by atoms with Crippen molar-refractivity contribution in [1.29, 1.82) is 0 Å². The first kappa shape index (κ1) is 12.0. The molecule has 0 aromatic carbocycles. The molecule has 0 saturated carbocycles. The molecule has 5 heteroatoms. The van der Waals surface area contributed by atoms with E-state index in [2.05, 4.69) is 18.4 Å². The van der Waals surface area contributed by atoms with Gasteiger partial charge in [0.25, 0.3) is 0 Å². The molecule has 1 saturated heterocycles. The van der Waals surface area contributed by atoms with Gasteiger partial charge in [0.2, 0.25) is 9.05 Å². The van der Waals surface area contributed by atoms with Gasteiger partial charge in [0.15, 0.2) is 0 Å². The van der Waals surface area contributed by atoms with Gasteiger partial charge in [-0.05, 0) is 25.4 Å². The minimum atomic E-state index is -3.43. The van der Waals surface area contributed by atoms with Gasteiger partial charge in [-0.2, -0.15) is 0 Å². The molecule has 0 N–H and O–H groups in total. The zero-order valence-electron chi connectivity index (χ0n) is 8.37. The highest BCUT2D eigenvalue weighted by atomic mass is 35.7. The third-order valence-corrected chi connectivity index (χ3v) is 3.70. The van der Waals surface area contributed by atoms with Crippen molar-refractivity contribution in [2.75, 3.05) is 25.4 Å². The topological polar surface area (TPSA) is 37.4 Å². The van der Waals surface area contributed by atoms with E-state index in [1.54, 1.807) is 0 Å². The Kier molecular flexibility index (Phi) is 3.98. The van der Waals surface area contributed by atoms with Gasteiger partial charge in [0.05, 0.1) is 5.75 Å². The SMILES string of the molecule is C=C(CS(=O)(=O)Cl)C1CCN(CC)C1. The lowest BCUT2D eigenvalue weighted by atomic mass is 10.0. The van der Waals surface area contributed by atoms with Gasteiger partial charge in [-0.3, -0.25) is 0 Å². The number of hydrogen-bond acceptors (Lipinski definition) is 3. The van der Waals surface area contributed by atoms with E-state index in [0.717, 1.165) is 31.6 Å². The lowest BCUT2D eigenvalue weighted by Crippen LogP contribution is -2.21. The Morgan fingerprint density at radius 2 is 2.29 bits per heavy atom. The van der Waals surface area contributed by atoms with Gasteiger partial charge < -0.3 is 4.90 Å². The average molecular weight is 238 g/mol. The quantitative estimate of drug-likeness (QED) is 0.549. The summed E-state index contributed by atoms with van der Waals surface area (Å²) in [6, 6.07) is 0. The summed E-state index contributed by atoms with van der Waals surface area (Å²) in [4.78, 5) is 2.29. The second-order valence-corrected chi connectivity index (χ2v) is 6.50. The summed E-state index contributed by atoms with van der Waals surface area (Å²) < 4.78 is 21.7. The minimum absolute atomic E-state index is 0.0865. The molecule has 82 valence electrons. The average Bonchev–Trinajstić information content (AvgIpc) is 2.48. The fourth-order valence-corrected chi connectivity index (χ4v) is 2.89. The van der Waals surface area contributed by atoms with E-state index >= 15 is 0 Å². The molecule has 14 heavy (non-hydrogen) atoms. The number of hydrogen-bond donors (Lipinski definition) is 0. The molecule has 0 aromatic rings. The maximum absolute atomic E-state index is 10.8. The lowest BCUT2D eigenvalue weighted by molar-refractivity contribution is 0.349. The van der Waals surface area contributed by atoms with Crippen LogP contribution in [0.5, 0.6) is 0 Å². The molecule has 0 aromatic heterocycles. The molecule has 3 nitrogen and oxygen atoms in total. The molecule has 1 atom stereocenters. The maximum atomic E-state index is 10.8. The largest absolute Gasteiger partial charge is 0.303 e.